The minimum absolute atomic E-state index is 0.0227. The summed E-state index contributed by atoms with van der Waals surface area (Å²) in [5.74, 6) is 1.16. The maximum Gasteiger partial charge on any atom is 0.424 e. The van der Waals surface area contributed by atoms with Gasteiger partial charge in [0.2, 0.25) is 5.91 Å². The fourth-order valence-corrected chi connectivity index (χ4v) is 3.92. The lowest BCUT2D eigenvalue weighted by Gasteiger charge is -2.31. The van der Waals surface area contributed by atoms with Gasteiger partial charge in [-0.05, 0) is 71.6 Å². The zero-order valence-electron chi connectivity index (χ0n) is 26.5. The smallest absolute Gasteiger partial charge is 0.424 e. The summed E-state index contributed by atoms with van der Waals surface area (Å²) in [5, 5.41) is 2.68. The largest absolute Gasteiger partial charge is 0.443 e. The van der Waals surface area contributed by atoms with E-state index >= 15 is 4.39 Å². The number of amides is 3. The van der Waals surface area contributed by atoms with Crippen LogP contribution in [0.3, 0.4) is 0 Å². The predicted molar refractivity (Wildman–Crippen MR) is 165 cm³/mol. The van der Waals surface area contributed by atoms with Crippen molar-refractivity contribution in [3.63, 3.8) is 0 Å². The van der Waals surface area contributed by atoms with E-state index in [4.69, 9.17) is 15.9 Å². The number of imide groups is 1. The number of rotatable bonds is 7. The highest BCUT2D eigenvalue weighted by molar-refractivity contribution is 6.13. The molecule has 0 aliphatic carbocycles. The molecule has 8 nitrogen and oxygen atoms in total. The normalized spacial score (nSPS) is 11.8. The Balaban J connectivity index is 2.80. The highest BCUT2D eigenvalue weighted by atomic mass is 19.1. The molecule has 2 aromatic rings. The first-order valence-electron chi connectivity index (χ1n) is 13.8. The summed E-state index contributed by atoms with van der Waals surface area (Å²) in [6.07, 6.45) is 3.42. The van der Waals surface area contributed by atoms with Crippen molar-refractivity contribution in [1.82, 2.24) is 0 Å². The predicted octanol–water partition coefficient (Wildman–Crippen LogP) is 7.83. The van der Waals surface area contributed by atoms with Crippen molar-refractivity contribution in [3.8, 4) is 12.3 Å². The first-order valence-corrected chi connectivity index (χ1v) is 13.8. The number of anilines is 3. The number of carbonyl (C=O) groups is 3. The van der Waals surface area contributed by atoms with Crippen LogP contribution in [-0.2, 0) is 20.8 Å². The van der Waals surface area contributed by atoms with Crippen LogP contribution in [0.5, 0.6) is 0 Å². The van der Waals surface area contributed by atoms with Gasteiger partial charge in [-0.25, -0.2) is 14.0 Å². The lowest BCUT2D eigenvalue weighted by molar-refractivity contribution is -0.117. The quantitative estimate of drug-likeness (QED) is 0.335. The van der Waals surface area contributed by atoms with E-state index < -0.39 is 40.8 Å². The zero-order chi connectivity index (χ0) is 32.0. The van der Waals surface area contributed by atoms with Crippen LogP contribution in [0.25, 0.3) is 0 Å². The Labute approximate surface area is 249 Å². The number of terminal acetylenes is 1. The lowest BCUT2D eigenvalue weighted by Crippen LogP contribution is -2.44. The van der Waals surface area contributed by atoms with Gasteiger partial charge in [0, 0.05) is 13.0 Å². The van der Waals surface area contributed by atoms with E-state index in [0.29, 0.717) is 4.90 Å². The molecule has 1 N–H and O–H groups in total. The molecule has 0 aliphatic heterocycles. The second kappa shape index (κ2) is 13.3. The molecule has 0 fully saturated rings. The number of hydrogen-bond donors (Lipinski definition) is 1. The van der Waals surface area contributed by atoms with E-state index in [-0.39, 0.29) is 36.3 Å². The minimum Gasteiger partial charge on any atom is -0.443 e. The van der Waals surface area contributed by atoms with Gasteiger partial charge in [-0.15, -0.1) is 6.42 Å². The monoisotopic (exact) mass is 581 g/mol. The Bertz CT molecular complexity index is 1300. The van der Waals surface area contributed by atoms with Crippen molar-refractivity contribution >= 4 is 35.2 Å². The molecule has 0 saturated heterocycles. The maximum absolute atomic E-state index is 16.8. The van der Waals surface area contributed by atoms with Crippen LogP contribution in [0.2, 0.25) is 0 Å². The summed E-state index contributed by atoms with van der Waals surface area (Å²) in [4.78, 5) is 42.1. The summed E-state index contributed by atoms with van der Waals surface area (Å²) in [7, 11) is 0. The van der Waals surface area contributed by atoms with Crippen LogP contribution >= 0.6 is 0 Å². The average molecular weight is 582 g/mol. The van der Waals surface area contributed by atoms with Crippen LogP contribution in [0.1, 0.15) is 79.9 Å². The second-order valence-corrected chi connectivity index (χ2v) is 13.4. The number of carbonyl (C=O) groups excluding carboxylic acids is 3. The van der Waals surface area contributed by atoms with Gasteiger partial charge in [0.25, 0.3) is 0 Å². The third-order valence-electron chi connectivity index (χ3n) is 5.55. The first-order chi connectivity index (χ1) is 19.2. The molecule has 42 heavy (non-hydrogen) atoms. The van der Waals surface area contributed by atoms with Crippen molar-refractivity contribution in [3.05, 3.63) is 53.3 Å². The van der Waals surface area contributed by atoms with Gasteiger partial charge in [-0.1, -0.05) is 56.5 Å². The fraction of sp³-hybridized carbons (Fsp3) is 0.485. The number of aryl methyl sites for hydroxylation is 1. The molecular formula is C33H44FN3O5. The van der Waals surface area contributed by atoms with Crippen molar-refractivity contribution < 1.29 is 28.2 Å². The summed E-state index contributed by atoms with van der Waals surface area (Å²) in [5.41, 5.74) is -1.08. The van der Waals surface area contributed by atoms with E-state index in [1.54, 1.807) is 46.4 Å². The van der Waals surface area contributed by atoms with Crippen LogP contribution in [0, 0.1) is 30.5 Å². The van der Waals surface area contributed by atoms with Crippen LogP contribution < -0.4 is 15.1 Å². The Hall–Kier alpha value is -4.06. The van der Waals surface area contributed by atoms with Gasteiger partial charge < -0.3 is 19.7 Å². The standard InChI is InChI=1S/C33H44FN3O5/c1-12-19-36(21-23-15-13-22(2)14-16-23)25-18-17-24(35-26(38)20-31(3,4)5)28(27(25)34)37(29(39)41-32(6,7)8)30(40)42-33(9,10)11/h1,13-18H,19-21H2,2-11H3,(H,35,38). The molecule has 2 aromatic carbocycles. The molecule has 0 aliphatic rings. The van der Waals surface area contributed by atoms with E-state index in [9.17, 15) is 14.4 Å². The molecule has 2 rings (SSSR count). The lowest BCUT2D eigenvalue weighted by atomic mass is 9.92. The van der Waals surface area contributed by atoms with E-state index in [0.717, 1.165) is 11.1 Å². The first kappa shape index (κ1) is 34.1. The highest BCUT2D eigenvalue weighted by Crippen LogP contribution is 2.38. The highest BCUT2D eigenvalue weighted by Gasteiger charge is 2.37. The SMILES string of the molecule is C#CCN(Cc1ccc(C)cc1)c1ccc(NC(=O)CC(C)(C)C)c(N(C(=O)OC(C)(C)C)C(=O)OC(C)(C)C)c1F. The molecule has 0 unspecified atom stereocenters. The molecule has 0 radical (unpaired) electrons. The second-order valence-electron chi connectivity index (χ2n) is 13.4. The van der Waals surface area contributed by atoms with Crippen LogP contribution in [0.15, 0.2) is 36.4 Å². The van der Waals surface area contributed by atoms with E-state index in [1.165, 1.54) is 12.1 Å². The van der Waals surface area contributed by atoms with Gasteiger partial charge in [0.1, 0.15) is 16.9 Å². The number of nitrogens with zero attached hydrogens (tertiary/aromatic N) is 2. The number of hydrogen-bond acceptors (Lipinski definition) is 6. The van der Waals surface area contributed by atoms with Crippen molar-refractivity contribution in [2.75, 3.05) is 21.7 Å². The molecule has 0 saturated carbocycles. The van der Waals surface area contributed by atoms with Crippen molar-refractivity contribution in [2.45, 2.75) is 93.4 Å². The number of halogens is 1. The van der Waals surface area contributed by atoms with Crippen molar-refractivity contribution in [2.24, 2.45) is 5.41 Å². The molecule has 0 heterocycles. The van der Waals surface area contributed by atoms with E-state index in [2.05, 4.69) is 11.2 Å². The third-order valence-corrected chi connectivity index (χ3v) is 5.55. The van der Waals surface area contributed by atoms with Gasteiger partial charge in [-0.3, -0.25) is 4.79 Å². The molecule has 0 aromatic heterocycles. The Kier molecular flexibility index (Phi) is 10.8. The maximum atomic E-state index is 16.8. The summed E-state index contributed by atoms with van der Waals surface area (Å²) < 4.78 is 27.8. The minimum atomic E-state index is -1.17. The molecule has 0 spiro atoms. The Morgan fingerprint density at radius 1 is 0.881 bits per heavy atom. The summed E-state index contributed by atoms with van der Waals surface area (Å²) in [6.45, 7) is 17.6. The summed E-state index contributed by atoms with van der Waals surface area (Å²) >= 11 is 0. The van der Waals surface area contributed by atoms with Gasteiger partial charge in [-0.2, -0.15) is 4.90 Å². The summed E-state index contributed by atoms with van der Waals surface area (Å²) in [6, 6.07) is 10.6. The van der Waals surface area contributed by atoms with Crippen molar-refractivity contribution in [1.29, 1.82) is 0 Å². The van der Waals surface area contributed by atoms with Gasteiger partial charge in [0.05, 0.1) is 17.9 Å². The molecule has 9 heteroatoms. The zero-order valence-corrected chi connectivity index (χ0v) is 26.5. The van der Waals surface area contributed by atoms with E-state index in [1.807, 2.05) is 52.0 Å². The van der Waals surface area contributed by atoms with Crippen LogP contribution in [0.4, 0.5) is 31.0 Å². The van der Waals surface area contributed by atoms with Crippen LogP contribution in [-0.4, -0.2) is 35.8 Å². The molecule has 228 valence electrons. The molecule has 0 bridgehead atoms. The van der Waals surface area contributed by atoms with Gasteiger partial charge >= 0.3 is 12.2 Å². The average Bonchev–Trinajstić information content (AvgIpc) is 2.79. The number of ether oxygens (including phenoxy) is 2. The Morgan fingerprint density at radius 3 is 1.86 bits per heavy atom. The Morgan fingerprint density at radius 2 is 1.40 bits per heavy atom. The molecular weight excluding hydrogens is 537 g/mol. The molecule has 0 atom stereocenters. The number of nitrogens with one attached hydrogen (secondary N) is 1. The fourth-order valence-electron chi connectivity index (χ4n) is 3.92. The topological polar surface area (TPSA) is 88.2 Å². The third kappa shape index (κ3) is 10.4. The van der Waals surface area contributed by atoms with Gasteiger partial charge in [0.15, 0.2) is 5.82 Å². The molecule has 3 amide bonds. The number of benzene rings is 2.